The van der Waals surface area contributed by atoms with Crippen LogP contribution in [0.5, 0.6) is 0 Å². The van der Waals surface area contributed by atoms with Crippen LogP contribution in [-0.2, 0) is 17.3 Å². The molecule has 5 heteroatoms. The summed E-state index contributed by atoms with van der Waals surface area (Å²) in [5, 5.41) is 4.57. The number of hydrogen-bond acceptors (Lipinski definition) is 3. The third kappa shape index (κ3) is 2.86. The zero-order valence-electron chi connectivity index (χ0n) is 12.3. The largest absolute Gasteiger partial charge is 0.325 e. The maximum Gasteiger partial charge on any atom is 0.0771 e. The smallest absolute Gasteiger partial charge is 0.0771 e. The molecule has 2 N–H and O–H groups in total. The van der Waals surface area contributed by atoms with Crippen molar-refractivity contribution in [3.63, 3.8) is 0 Å². The predicted molar refractivity (Wildman–Crippen MR) is 89.2 cm³/mol. The van der Waals surface area contributed by atoms with Gasteiger partial charge in [0, 0.05) is 34.1 Å². The Morgan fingerprint density at radius 1 is 1.09 bits per heavy atom. The van der Waals surface area contributed by atoms with Gasteiger partial charge in [-0.25, -0.2) is 4.68 Å². The van der Waals surface area contributed by atoms with Gasteiger partial charge in [0.05, 0.1) is 17.1 Å². The number of nitrogens with two attached hydrogens (primary N) is 1. The molecule has 1 unspecified atom stereocenters. The van der Waals surface area contributed by atoms with Crippen LogP contribution in [0.15, 0.2) is 65.6 Å². The van der Waals surface area contributed by atoms with E-state index in [2.05, 4.69) is 5.10 Å². The van der Waals surface area contributed by atoms with Gasteiger partial charge in [0.1, 0.15) is 0 Å². The maximum atomic E-state index is 11.5. The molecular formula is C17H17N3OS. The Bertz CT molecular complexity index is 795. The molecule has 112 valence electrons. The van der Waals surface area contributed by atoms with Crippen molar-refractivity contribution in [1.82, 2.24) is 9.78 Å². The Balaban J connectivity index is 2.10. The highest BCUT2D eigenvalue weighted by molar-refractivity contribution is 7.84. The van der Waals surface area contributed by atoms with Crippen molar-refractivity contribution in [3.8, 4) is 16.9 Å². The highest BCUT2D eigenvalue weighted by atomic mass is 32.2. The van der Waals surface area contributed by atoms with Gasteiger partial charge in [-0.3, -0.25) is 4.21 Å². The van der Waals surface area contributed by atoms with Crippen LogP contribution in [0.3, 0.4) is 0 Å². The van der Waals surface area contributed by atoms with E-state index in [0.29, 0.717) is 6.54 Å². The lowest BCUT2D eigenvalue weighted by Gasteiger charge is -2.08. The van der Waals surface area contributed by atoms with Crippen molar-refractivity contribution in [3.05, 3.63) is 66.4 Å². The van der Waals surface area contributed by atoms with Crippen molar-refractivity contribution in [2.75, 3.05) is 6.26 Å². The Labute approximate surface area is 132 Å². The van der Waals surface area contributed by atoms with Crippen molar-refractivity contribution in [1.29, 1.82) is 0 Å². The van der Waals surface area contributed by atoms with E-state index >= 15 is 0 Å². The summed E-state index contributed by atoms with van der Waals surface area (Å²) in [4.78, 5) is 0.802. The molecule has 0 fully saturated rings. The molecule has 3 rings (SSSR count). The van der Waals surface area contributed by atoms with Gasteiger partial charge in [-0.1, -0.05) is 30.3 Å². The maximum absolute atomic E-state index is 11.5. The molecule has 0 saturated carbocycles. The zero-order chi connectivity index (χ0) is 15.5. The number of rotatable bonds is 4. The quantitative estimate of drug-likeness (QED) is 0.806. The van der Waals surface area contributed by atoms with E-state index in [1.54, 1.807) is 6.26 Å². The molecule has 4 nitrogen and oxygen atoms in total. The summed E-state index contributed by atoms with van der Waals surface area (Å²) in [5.74, 6) is 0. The second-order valence-corrected chi connectivity index (χ2v) is 6.33. The molecule has 3 aromatic rings. The molecule has 1 aromatic heterocycles. The highest BCUT2D eigenvalue weighted by Gasteiger charge is 2.11. The lowest BCUT2D eigenvalue weighted by molar-refractivity contribution is 0.686. The molecule has 0 spiro atoms. The number of aromatic nitrogens is 2. The SMILES string of the molecule is CS(=O)c1ccc(-n2nc(CN)cc2-c2ccccc2)cc1. The van der Waals surface area contributed by atoms with E-state index < -0.39 is 10.8 Å². The molecule has 0 aliphatic rings. The predicted octanol–water partition coefficient (Wildman–Crippen LogP) is 2.74. The zero-order valence-corrected chi connectivity index (χ0v) is 13.1. The normalized spacial score (nSPS) is 12.3. The average molecular weight is 311 g/mol. The van der Waals surface area contributed by atoms with E-state index in [1.165, 1.54) is 0 Å². The highest BCUT2D eigenvalue weighted by Crippen LogP contribution is 2.24. The molecule has 0 saturated heterocycles. The van der Waals surface area contributed by atoms with Crippen molar-refractivity contribution in [2.24, 2.45) is 5.73 Å². The van der Waals surface area contributed by atoms with Gasteiger partial charge in [0.2, 0.25) is 0 Å². The molecule has 22 heavy (non-hydrogen) atoms. The number of nitrogens with zero attached hydrogens (tertiary/aromatic N) is 2. The third-order valence-corrected chi connectivity index (χ3v) is 4.39. The first kappa shape index (κ1) is 14.7. The summed E-state index contributed by atoms with van der Waals surface area (Å²) in [6, 6.07) is 19.7. The van der Waals surface area contributed by atoms with Crippen LogP contribution in [0.2, 0.25) is 0 Å². The van der Waals surface area contributed by atoms with Gasteiger partial charge >= 0.3 is 0 Å². The van der Waals surface area contributed by atoms with Crippen LogP contribution in [0.1, 0.15) is 5.69 Å². The van der Waals surface area contributed by atoms with Crippen LogP contribution in [0.25, 0.3) is 16.9 Å². The molecular weight excluding hydrogens is 294 g/mol. The Morgan fingerprint density at radius 2 is 1.77 bits per heavy atom. The van der Waals surface area contributed by atoms with Crippen molar-refractivity contribution < 1.29 is 4.21 Å². The van der Waals surface area contributed by atoms with Gasteiger partial charge in [-0.05, 0) is 30.3 Å². The van der Waals surface area contributed by atoms with E-state index in [4.69, 9.17) is 5.73 Å². The Hall–Kier alpha value is -2.24. The fraction of sp³-hybridized carbons (Fsp3) is 0.118. The van der Waals surface area contributed by atoms with Crippen LogP contribution < -0.4 is 5.73 Å². The molecule has 1 atom stereocenters. The van der Waals surface area contributed by atoms with E-state index in [-0.39, 0.29) is 0 Å². The first-order valence-electron chi connectivity index (χ1n) is 6.97. The fourth-order valence-electron chi connectivity index (χ4n) is 2.32. The van der Waals surface area contributed by atoms with Gasteiger partial charge in [-0.2, -0.15) is 5.10 Å². The first-order chi connectivity index (χ1) is 10.7. The number of benzene rings is 2. The van der Waals surface area contributed by atoms with Crippen molar-refractivity contribution in [2.45, 2.75) is 11.4 Å². The standard InChI is InChI=1S/C17H17N3OS/c1-22(21)16-9-7-15(8-10-16)20-17(11-14(12-18)19-20)13-5-3-2-4-6-13/h2-11H,12,18H2,1H3. The fourth-order valence-corrected chi connectivity index (χ4v) is 2.84. The Morgan fingerprint density at radius 3 is 2.36 bits per heavy atom. The summed E-state index contributed by atoms with van der Waals surface area (Å²) in [7, 11) is -0.981. The van der Waals surface area contributed by atoms with Crippen LogP contribution in [0, 0.1) is 0 Å². The monoisotopic (exact) mass is 311 g/mol. The van der Waals surface area contributed by atoms with E-state index in [1.807, 2.05) is 65.3 Å². The van der Waals surface area contributed by atoms with Gasteiger partial charge in [-0.15, -0.1) is 0 Å². The van der Waals surface area contributed by atoms with Gasteiger partial charge < -0.3 is 5.73 Å². The summed E-state index contributed by atoms with van der Waals surface area (Å²) in [5.41, 5.74) is 9.57. The minimum Gasteiger partial charge on any atom is -0.325 e. The summed E-state index contributed by atoms with van der Waals surface area (Å²) < 4.78 is 13.4. The summed E-state index contributed by atoms with van der Waals surface area (Å²) >= 11 is 0. The lowest BCUT2D eigenvalue weighted by atomic mass is 10.1. The molecule has 0 radical (unpaired) electrons. The summed E-state index contributed by atoms with van der Waals surface area (Å²) in [6.45, 7) is 0.393. The van der Waals surface area contributed by atoms with E-state index in [9.17, 15) is 4.21 Å². The van der Waals surface area contributed by atoms with Gasteiger partial charge in [0.15, 0.2) is 0 Å². The molecule has 0 aliphatic heterocycles. The Kier molecular flexibility index (Phi) is 4.18. The average Bonchev–Trinajstić information content (AvgIpc) is 3.00. The second kappa shape index (κ2) is 6.25. The molecule has 0 amide bonds. The molecule has 0 bridgehead atoms. The minimum absolute atomic E-state index is 0.393. The lowest BCUT2D eigenvalue weighted by Crippen LogP contribution is -2.02. The molecule has 2 aromatic carbocycles. The number of hydrogen-bond donors (Lipinski definition) is 1. The van der Waals surface area contributed by atoms with Crippen LogP contribution in [0.4, 0.5) is 0 Å². The van der Waals surface area contributed by atoms with E-state index in [0.717, 1.165) is 27.5 Å². The molecule has 1 heterocycles. The van der Waals surface area contributed by atoms with Crippen LogP contribution >= 0.6 is 0 Å². The van der Waals surface area contributed by atoms with Gasteiger partial charge in [0.25, 0.3) is 0 Å². The topological polar surface area (TPSA) is 60.9 Å². The third-order valence-electron chi connectivity index (χ3n) is 3.45. The summed E-state index contributed by atoms with van der Waals surface area (Å²) in [6.07, 6.45) is 1.67. The van der Waals surface area contributed by atoms with Crippen molar-refractivity contribution >= 4 is 10.8 Å². The second-order valence-electron chi connectivity index (χ2n) is 4.95. The van der Waals surface area contributed by atoms with Crippen LogP contribution in [-0.4, -0.2) is 20.2 Å². The molecule has 0 aliphatic carbocycles. The first-order valence-corrected chi connectivity index (χ1v) is 8.53. The minimum atomic E-state index is -0.981.